The van der Waals surface area contributed by atoms with Crippen LogP contribution in [0.25, 0.3) is 0 Å². The van der Waals surface area contributed by atoms with Gasteiger partial charge in [0.25, 0.3) is 0 Å². The quantitative estimate of drug-likeness (QED) is 0.661. The van der Waals surface area contributed by atoms with Gasteiger partial charge in [-0.05, 0) is 46.2 Å². The molecule has 1 unspecified atom stereocenters. The van der Waals surface area contributed by atoms with Crippen LogP contribution in [-0.4, -0.2) is 48.5 Å². The fraction of sp³-hybridized carbons (Fsp3) is 1.00. The maximum atomic E-state index is 9.87. The molecule has 0 amide bonds. The Hall–Kier alpha value is -0.120. The third kappa shape index (κ3) is 7.20. The Balaban J connectivity index is 3.70. The molecule has 0 aliphatic rings. The molecule has 0 rings (SSSR count). The van der Waals surface area contributed by atoms with Gasteiger partial charge < -0.3 is 14.7 Å². The third-order valence-corrected chi connectivity index (χ3v) is 3.31. The first-order valence-electron chi connectivity index (χ1n) is 6.40. The Morgan fingerprint density at radius 2 is 1.75 bits per heavy atom. The Bertz CT molecular complexity index is 167. The zero-order chi connectivity index (χ0) is 12.6. The lowest BCUT2D eigenvalue weighted by Gasteiger charge is -2.25. The first-order valence-corrected chi connectivity index (χ1v) is 6.40. The number of ether oxygens (including phenoxy) is 1. The molecule has 0 spiro atoms. The molecule has 0 aromatic rings. The lowest BCUT2D eigenvalue weighted by Crippen LogP contribution is -2.29. The molecule has 0 bridgehead atoms. The average Bonchev–Trinajstić information content (AvgIpc) is 2.28. The molecular weight excluding hydrogens is 202 g/mol. The van der Waals surface area contributed by atoms with Crippen molar-refractivity contribution in [1.82, 2.24) is 4.90 Å². The minimum absolute atomic E-state index is 0.115. The summed E-state index contributed by atoms with van der Waals surface area (Å²) < 4.78 is 5.33. The standard InChI is InChI=1S/C13H29NO2/c1-6-14(7-2)11-9-12(15)8-10-13(3,4)16-5/h12,15H,6-11H2,1-5H3. The molecule has 0 aliphatic heterocycles. The van der Waals surface area contributed by atoms with Crippen LogP contribution in [0.5, 0.6) is 0 Å². The molecule has 3 nitrogen and oxygen atoms in total. The number of hydrogen-bond donors (Lipinski definition) is 1. The fourth-order valence-electron chi connectivity index (χ4n) is 1.63. The van der Waals surface area contributed by atoms with Crippen LogP contribution in [0.2, 0.25) is 0 Å². The van der Waals surface area contributed by atoms with Crippen LogP contribution in [0.3, 0.4) is 0 Å². The minimum atomic E-state index is -0.199. The van der Waals surface area contributed by atoms with E-state index in [0.29, 0.717) is 0 Å². The molecule has 0 saturated carbocycles. The van der Waals surface area contributed by atoms with E-state index in [2.05, 4.69) is 32.6 Å². The van der Waals surface area contributed by atoms with Gasteiger partial charge in [-0.2, -0.15) is 0 Å². The molecule has 0 radical (unpaired) electrons. The summed E-state index contributed by atoms with van der Waals surface area (Å²) in [6, 6.07) is 0. The summed E-state index contributed by atoms with van der Waals surface area (Å²) in [5, 5.41) is 9.87. The Kier molecular flexibility index (Phi) is 7.98. The van der Waals surface area contributed by atoms with Crippen molar-refractivity contribution in [3.63, 3.8) is 0 Å². The van der Waals surface area contributed by atoms with E-state index in [1.807, 2.05) is 0 Å². The van der Waals surface area contributed by atoms with E-state index in [1.165, 1.54) is 0 Å². The highest BCUT2D eigenvalue weighted by atomic mass is 16.5. The van der Waals surface area contributed by atoms with Crippen molar-refractivity contribution in [2.24, 2.45) is 0 Å². The molecule has 0 heterocycles. The largest absolute Gasteiger partial charge is 0.393 e. The highest BCUT2D eigenvalue weighted by Gasteiger charge is 2.18. The van der Waals surface area contributed by atoms with Crippen molar-refractivity contribution in [3.8, 4) is 0 Å². The number of aliphatic hydroxyl groups excluding tert-OH is 1. The molecule has 0 aromatic heterocycles. The molecule has 3 heteroatoms. The van der Waals surface area contributed by atoms with Gasteiger partial charge in [-0.1, -0.05) is 13.8 Å². The maximum absolute atomic E-state index is 9.87. The number of hydrogen-bond acceptors (Lipinski definition) is 3. The molecule has 0 aromatic carbocycles. The van der Waals surface area contributed by atoms with Crippen molar-refractivity contribution in [3.05, 3.63) is 0 Å². The monoisotopic (exact) mass is 231 g/mol. The highest BCUT2D eigenvalue weighted by Crippen LogP contribution is 2.17. The highest BCUT2D eigenvalue weighted by molar-refractivity contribution is 4.71. The van der Waals surface area contributed by atoms with Crippen LogP contribution < -0.4 is 0 Å². The summed E-state index contributed by atoms with van der Waals surface area (Å²) in [6.45, 7) is 11.5. The predicted molar refractivity (Wildman–Crippen MR) is 68.7 cm³/mol. The number of nitrogens with zero attached hydrogens (tertiary/aromatic N) is 1. The van der Waals surface area contributed by atoms with Gasteiger partial charge in [0.1, 0.15) is 0 Å². The molecule has 0 fully saturated rings. The second-order valence-electron chi connectivity index (χ2n) is 4.97. The molecule has 1 atom stereocenters. The second kappa shape index (κ2) is 8.04. The van der Waals surface area contributed by atoms with Crippen molar-refractivity contribution < 1.29 is 9.84 Å². The Morgan fingerprint density at radius 3 is 2.19 bits per heavy atom. The first kappa shape index (κ1) is 15.9. The van der Waals surface area contributed by atoms with E-state index in [0.717, 1.165) is 38.9 Å². The minimum Gasteiger partial charge on any atom is -0.393 e. The van der Waals surface area contributed by atoms with Gasteiger partial charge in [-0.15, -0.1) is 0 Å². The van der Waals surface area contributed by atoms with Crippen LogP contribution in [0.15, 0.2) is 0 Å². The molecular formula is C13H29NO2. The summed E-state index contributed by atoms with van der Waals surface area (Å²) in [5.74, 6) is 0. The average molecular weight is 231 g/mol. The molecule has 1 N–H and O–H groups in total. The van der Waals surface area contributed by atoms with Gasteiger partial charge in [-0.3, -0.25) is 0 Å². The van der Waals surface area contributed by atoms with Gasteiger partial charge >= 0.3 is 0 Å². The van der Waals surface area contributed by atoms with Crippen LogP contribution in [0.1, 0.15) is 47.0 Å². The summed E-state index contributed by atoms with van der Waals surface area (Å²) in [7, 11) is 1.72. The molecule has 98 valence electrons. The van der Waals surface area contributed by atoms with Gasteiger partial charge in [0.15, 0.2) is 0 Å². The normalized spacial score (nSPS) is 14.4. The lowest BCUT2D eigenvalue weighted by atomic mass is 9.99. The van der Waals surface area contributed by atoms with Gasteiger partial charge in [0.2, 0.25) is 0 Å². The van der Waals surface area contributed by atoms with E-state index in [4.69, 9.17) is 4.74 Å². The molecule has 16 heavy (non-hydrogen) atoms. The van der Waals surface area contributed by atoms with Crippen molar-refractivity contribution in [2.75, 3.05) is 26.7 Å². The Labute approximate surface area is 101 Å². The summed E-state index contributed by atoms with van der Waals surface area (Å²) in [4.78, 5) is 2.34. The Morgan fingerprint density at radius 1 is 1.19 bits per heavy atom. The fourth-order valence-corrected chi connectivity index (χ4v) is 1.63. The zero-order valence-electron chi connectivity index (χ0n) is 11.6. The van der Waals surface area contributed by atoms with E-state index in [9.17, 15) is 5.11 Å². The van der Waals surface area contributed by atoms with E-state index in [-0.39, 0.29) is 11.7 Å². The van der Waals surface area contributed by atoms with E-state index < -0.39 is 0 Å². The van der Waals surface area contributed by atoms with Crippen LogP contribution >= 0.6 is 0 Å². The molecule has 0 saturated heterocycles. The number of rotatable bonds is 9. The van der Waals surface area contributed by atoms with E-state index >= 15 is 0 Å². The van der Waals surface area contributed by atoms with Crippen molar-refractivity contribution in [2.45, 2.75) is 58.7 Å². The lowest BCUT2D eigenvalue weighted by molar-refractivity contribution is 0.00146. The maximum Gasteiger partial charge on any atom is 0.0623 e. The summed E-state index contributed by atoms with van der Waals surface area (Å²) in [5.41, 5.74) is -0.115. The van der Waals surface area contributed by atoms with E-state index in [1.54, 1.807) is 7.11 Å². The number of aliphatic hydroxyl groups is 1. The number of methoxy groups -OCH3 is 1. The van der Waals surface area contributed by atoms with Gasteiger partial charge in [0, 0.05) is 13.7 Å². The second-order valence-corrected chi connectivity index (χ2v) is 4.97. The first-order chi connectivity index (χ1) is 7.45. The smallest absolute Gasteiger partial charge is 0.0623 e. The van der Waals surface area contributed by atoms with Gasteiger partial charge in [0.05, 0.1) is 11.7 Å². The topological polar surface area (TPSA) is 32.7 Å². The van der Waals surface area contributed by atoms with Gasteiger partial charge in [-0.25, -0.2) is 0 Å². The SMILES string of the molecule is CCN(CC)CCC(O)CCC(C)(C)OC. The summed E-state index contributed by atoms with van der Waals surface area (Å²) in [6.07, 6.45) is 2.39. The predicted octanol–water partition coefficient (Wildman–Crippen LogP) is 2.28. The van der Waals surface area contributed by atoms with Crippen LogP contribution in [-0.2, 0) is 4.74 Å². The van der Waals surface area contributed by atoms with Crippen LogP contribution in [0.4, 0.5) is 0 Å². The van der Waals surface area contributed by atoms with Crippen molar-refractivity contribution in [1.29, 1.82) is 0 Å². The third-order valence-electron chi connectivity index (χ3n) is 3.31. The molecule has 0 aliphatic carbocycles. The zero-order valence-corrected chi connectivity index (χ0v) is 11.6. The van der Waals surface area contributed by atoms with Crippen LogP contribution in [0, 0.1) is 0 Å². The van der Waals surface area contributed by atoms with Crippen molar-refractivity contribution >= 4 is 0 Å². The summed E-state index contributed by atoms with van der Waals surface area (Å²) >= 11 is 0.